The van der Waals surface area contributed by atoms with Crippen molar-refractivity contribution in [3.63, 3.8) is 0 Å². The number of aromatic nitrogens is 2. The minimum Gasteiger partial charge on any atom is -0.342 e. The standard InChI is InChI=1S/C17H16FN3OS2/c18-11-5-4-6-12-14(11)15-16(24-12)17(20-10-19-15)23-9-13(22)21-7-2-1-3-8-21/h4-6,10H,1-3,7-9H2. The van der Waals surface area contributed by atoms with Crippen molar-refractivity contribution in [1.82, 2.24) is 14.9 Å². The molecule has 1 amide bonds. The molecular formula is C17H16FN3OS2. The van der Waals surface area contributed by atoms with Crippen molar-refractivity contribution in [2.24, 2.45) is 0 Å². The largest absolute Gasteiger partial charge is 0.342 e. The van der Waals surface area contributed by atoms with E-state index in [9.17, 15) is 9.18 Å². The first kappa shape index (κ1) is 15.8. The number of halogens is 1. The zero-order chi connectivity index (χ0) is 16.5. The van der Waals surface area contributed by atoms with E-state index < -0.39 is 0 Å². The van der Waals surface area contributed by atoms with E-state index in [-0.39, 0.29) is 11.7 Å². The molecule has 124 valence electrons. The summed E-state index contributed by atoms with van der Waals surface area (Å²) in [6.45, 7) is 1.71. The summed E-state index contributed by atoms with van der Waals surface area (Å²) in [5, 5.41) is 1.30. The van der Waals surface area contributed by atoms with Crippen LogP contribution in [0.2, 0.25) is 0 Å². The number of carbonyl (C=O) groups excluding carboxylic acids is 1. The number of hydrogen-bond acceptors (Lipinski definition) is 5. The third kappa shape index (κ3) is 2.86. The Bertz CT molecular complexity index is 905. The van der Waals surface area contributed by atoms with Crippen LogP contribution in [-0.2, 0) is 4.79 Å². The number of likely N-dealkylation sites (tertiary alicyclic amines) is 1. The summed E-state index contributed by atoms with van der Waals surface area (Å²) >= 11 is 2.90. The van der Waals surface area contributed by atoms with Crippen LogP contribution < -0.4 is 0 Å². The summed E-state index contributed by atoms with van der Waals surface area (Å²) in [5.74, 6) is 0.250. The van der Waals surface area contributed by atoms with Crippen LogP contribution >= 0.6 is 23.1 Å². The predicted molar refractivity (Wildman–Crippen MR) is 96.0 cm³/mol. The number of benzene rings is 1. The van der Waals surface area contributed by atoms with Gasteiger partial charge in [0, 0.05) is 17.8 Å². The number of carbonyl (C=O) groups is 1. The van der Waals surface area contributed by atoms with E-state index in [4.69, 9.17) is 0 Å². The highest BCUT2D eigenvalue weighted by Gasteiger charge is 2.19. The van der Waals surface area contributed by atoms with E-state index in [0.29, 0.717) is 16.7 Å². The number of thioether (sulfide) groups is 1. The van der Waals surface area contributed by atoms with Gasteiger partial charge in [0.2, 0.25) is 5.91 Å². The van der Waals surface area contributed by atoms with Gasteiger partial charge in [-0.1, -0.05) is 17.8 Å². The predicted octanol–water partition coefficient (Wildman–Crippen LogP) is 4.09. The molecule has 1 aromatic carbocycles. The van der Waals surface area contributed by atoms with Crippen LogP contribution in [0.4, 0.5) is 4.39 Å². The zero-order valence-corrected chi connectivity index (χ0v) is 14.6. The zero-order valence-electron chi connectivity index (χ0n) is 13.0. The third-order valence-corrected chi connectivity index (χ3v) is 6.49. The Morgan fingerprint density at radius 2 is 2.08 bits per heavy atom. The molecule has 1 fully saturated rings. The maximum absolute atomic E-state index is 14.1. The minimum absolute atomic E-state index is 0.152. The van der Waals surface area contributed by atoms with Crippen LogP contribution in [0.5, 0.6) is 0 Å². The van der Waals surface area contributed by atoms with Gasteiger partial charge in [-0.2, -0.15) is 0 Å². The fourth-order valence-corrected chi connectivity index (χ4v) is 5.17. The molecule has 0 aliphatic carbocycles. The van der Waals surface area contributed by atoms with Crippen LogP contribution in [0, 0.1) is 5.82 Å². The number of amides is 1. The number of hydrogen-bond donors (Lipinski definition) is 0. The van der Waals surface area contributed by atoms with Gasteiger partial charge < -0.3 is 4.90 Å². The van der Waals surface area contributed by atoms with Crippen molar-refractivity contribution in [2.45, 2.75) is 24.3 Å². The van der Waals surface area contributed by atoms with Gasteiger partial charge in [0.15, 0.2) is 0 Å². The first-order valence-corrected chi connectivity index (χ1v) is 9.76. The molecule has 0 N–H and O–H groups in total. The average molecular weight is 361 g/mol. The summed E-state index contributed by atoms with van der Waals surface area (Å²) in [7, 11) is 0. The highest BCUT2D eigenvalue weighted by molar-refractivity contribution is 8.00. The second-order valence-electron chi connectivity index (χ2n) is 5.80. The van der Waals surface area contributed by atoms with Gasteiger partial charge in [-0.25, -0.2) is 14.4 Å². The van der Waals surface area contributed by atoms with Crippen LogP contribution in [0.15, 0.2) is 29.6 Å². The van der Waals surface area contributed by atoms with Gasteiger partial charge in [-0.15, -0.1) is 11.3 Å². The number of nitrogens with zero attached hydrogens (tertiary/aromatic N) is 3. The van der Waals surface area contributed by atoms with Crippen molar-refractivity contribution < 1.29 is 9.18 Å². The van der Waals surface area contributed by atoms with Crippen molar-refractivity contribution >= 4 is 49.3 Å². The summed E-state index contributed by atoms with van der Waals surface area (Å²) in [4.78, 5) is 22.8. The highest BCUT2D eigenvalue weighted by atomic mass is 32.2. The van der Waals surface area contributed by atoms with E-state index >= 15 is 0 Å². The first-order chi connectivity index (χ1) is 11.7. The monoisotopic (exact) mass is 361 g/mol. The summed E-state index contributed by atoms with van der Waals surface area (Å²) < 4.78 is 15.8. The molecule has 3 heterocycles. The fourth-order valence-electron chi connectivity index (χ4n) is 3.02. The van der Waals surface area contributed by atoms with Crippen LogP contribution in [0.3, 0.4) is 0 Å². The Balaban J connectivity index is 1.61. The molecule has 1 aliphatic heterocycles. The lowest BCUT2D eigenvalue weighted by Gasteiger charge is -2.26. The number of piperidine rings is 1. The smallest absolute Gasteiger partial charge is 0.232 e. The SMILES string of the molecule is O=C(CSc1ncnc2c1sc1cccc(F)c12)N1CCCCC1. The molecule has 0 unspecified atom stereocenters. The average Bonchev–Trinajstić information content (AvgIpc) is 3.01. The van der Waals surface area contributed by atoms with Crippen LogP contribution in [0.1, 0.15) is 19.3 Å². The summed E-state index contributed by atoms with van der Waals surface area (Å²) in [6.07, 6.45) is 4.83. The molecule has 0 atom stereocenters. The molecule has 4 nitrogen and oxygen atoms in total. The van der Waals surface area contributed by atoms with E-state index in [1.54, 1.807) is 6.07 Å². The molecule has 0 radical (unpaired) electrons. The third-order valence-electron chi connectivity index (χ3n) is 4.24. The second-order valence-corrected chi connectivity index (χ2v) is 7.82. The van der Waals surface area contributed by atoms with Gasteiger partial charge >= 0.3 is 0 Å². The molecule has 4 rings (SSSR count). The molecule has 2 aromatic heterocycles. The fraction of sp³-hybridized carbons (Fsp3) is 0.353. The number of rotatable bonds is 3. The van der Waals surface area contributed by atoms with Crippen molar-refractivity contribution in [2.75, 3.05) is 18.8 Å². The Hall–Kier alpha value is -1.73. The van der Waals surface area contributed by atoms with E-state index in [1.807, 2.05) is 11.0 Å². The number of thiophene rings is 1. The highest BCUT2D eigenvalue weighted by Crippen LogP contribution is 2.38. The second kappa shape index (κ2) is 6.64. The normalized spacial score (nSPS) is 15.3. The molecule has 0 saturated carbocycles. The van der Waals surface area contributed by atoms with E-state index in [0.717, 1.165) is 40.4 Å². The lowest BCUT2D eigenvalue weighted by Crippen LogP contribution is -2.36. The molecule has 0 spiro atoms. The Kier molecular flexibility index (Phi) is 4.37. The minimum atomic E-state index is -0.266. The van der Waals surface area contributed by atoms with Crippen LogP contribution in [-0.4, -0.2) is 39.6 Å². The van der Waals surface area contributed by atoms with Crippen molar-refractivity contribution in [3.05, 3.63) is 30.3 Å². The van der Waals surface area contributed by atoms with Gasteiger partial charge in [0.1, 0.15) is 17.2 Å². The molecule has 3 aromatic rings. The Morgan fingerprint density at radius 1 is 1.25 bits per heavy atom. The maximum Gasteiger partial charge on any atom is 0.232 e. The Labute approximate surface area is 147 Å². The van der Waals surface area contributed by atoms with Crippen molar-refractivity contribution in [3.8, 4) is 0 Å². The molecule has 7 heteroatoms. The van der Waals surface area contributed by atoms with Crippen LogP contribution in [0.25, 0.3) is 20.3 Å². The molecule has 24 heavy (non-hydrogen) atoms. The number of fused-ring (bicyclic) bond motifs is 3. The van der Waals surface area contributed by atoms with Gasteiger partial charge in [0.05, 0.1) is 21.4 Å². The molecular weight excluding hydrogens is 345 g/mol. The van der Waals surface area contributed by atoms with E-state index in [1.165, 1.54) is 41.9 Å². The lowest BCUT2D eigenvalue weighted by atomic mass is 10.1. The topological polar surface area (TPSA) is 46.1 Å². The van der Waals surface area contributed by atoms with E-state index in [2.05, 4.69) is 9.97 Å². The lowest BCUT2D eigenvalue weighted by molar-refractivity contribution is -0.129. The maximum atomic E-state index is 14.1. The Morgan fingerprint density at radius 3 is 2.92 bits per heavy atom. The molecule has 1 aliphatic rings. The first-order valence-electron chi connectivity index (χ1n) is 7.96. The van der Waals surface area contributed by atoms with Gasteiger partial charge in [0.25, 0.3) is 0 Å². The quantitative estimate of drug-likeness (QED) is 0.521. The van der Waals surface area contributed by atoms with Crippen molar-refractivity contribution in [1.29, 1.82) is 0 Å². The summed E-state index contributed by atoms with van der Waals surface area (Å²) in [6, 6.07) is 5.04. The molecule has 0 bridgehead atoms. The van der Waals surface area contributed by atoms with Gasteiger partial charge in [-0.3, -0.25) is 4.79 Å². The van der Waals surface area contributed by atoms with Gasteiger partial charge in [-0.05, 0) is 31.4 Å². The molecule has 1 saturated heterocycles. The summed E-state index contributed by atoms with van der Waals surface area (Å²) in [5.41, 5.74) is 0.635.